The van der Waals surface area contributed by atoms with Crippen molar-refractivity contribution in [1.82, 2.24) is 0 Å². The van der Waals surface area contributed by atoms with E-state index in [0.717, 1.165) is 12.0 Å². The number of anilines is 1. The van der Waals surface area contributed by atoms with Gasteiger partial charge in [0.1, 0.15) is 12.4 Å². The molecule has 0 aliphatic carbocycles. The monoisotopic (exact) mass is 415 g/mol. The predicted molar refractivity (Wildman–Crippen MR) is 116 cm³/mol. The summed E-state index contributed by atoms with van der Waals surface area (Å²) >= 11 is 0. The molecule has 0 bridgehead atoms. The average molecular weight is 416 g/mol. The van der Waals surface area contributed by atoms with Crippen LogP contribution in [0.1, 0.15) is 36.5 Å². The lowest BCUT2D eigenvalue weighted by atomic mass is 10.0. The van der Waals surface area contributed by atoms with Gasteiger partial charge in [-0.1, -0.05) is 37.3 Å². The zero-order valence-electron chi connectivity index (χ0n) is 18.5. The molecule has 0 aliphatic rings. The van der Waals surface area contributed by atoms with E-state index >= 15 is 0 Å². The van der Waals surface area contributed by atoms with Gasteiger partial charge in [0.05, 0.1) is 14.1 Å². The van der Waals surface area contributed by atoms with Crippen LogP contribution in [0.25, 0.3) is 0 Å². The van der Waals surface area contributed by atoms with E-state index in [9.17, 15) is 14.0 Å². The van der Waals surface area contributed by atoms with Crippen LogP contribution < -0.4 is 5.32 Å². The normalized spacial score (nSPS) is 12.3. The number of halogens is 1. The Kier molecular flexibility index (Phi) is 8.12. The van der Waals surface area contributed by atoms with Crippen LogP contribution in [0.4, 0.5) is 10.1 Å². The number of hydrogen-bond acceptors (Lipinski definition) is 3. The third-order valence-electron chi connectivity index (χ3n) is 5.23. The number of quaternary nitrogens is 1. The van der Waals surface area contributed by atoms with Crippen molar-refractivity contribution in [1.29, 1.82) is 0 Å². The van der Waals surface area contributed by atoms with Gasteiger partial charge in [-0.15, -0.1) is 0 Å². The molecule has 2 aromatic carbocycles. The van der Waals surface area contributed by atoms with Crippen molar-refractivity contribution in [3.63, 3.8) is 0 Å². The van der Waals surface area contributed by atoms with E-state index in [1.807, 2.05) is 51.4 Å². The van der Waals surface area contributed by atoms with Gasteiger partial charge in [-0.05, 0) is 49.1 Å². The highest BCUT2D eigenvalue weighted by molar-refractivity contribution is 5.95. The number of esters is 1. The summed E-state index contributed by atoms with van der Waals surface area (Å²) in [4.78, 5) is 25.6. The first kappa shape index (κ1) is 23.5. The highest BCUT2D eigenvalue weighted by Crippen LogP contribution is 2.23. The fourth-order valence-corrected chi connectivity index (χ4v) is 3.61. The van der Waals surface area contributed by atoms with Gasteiger partial charge in [0, 0.05) is 12.1 Å². The largest absolute Gasteiger partial charge is 0.457 e. The number of carbonyl (C=O) groups excluding carboxylic acids is 2. The molecule has 1 N–H and O–H groups in total. The molecule has 0 fully saturated rings. The van der Waals surface area contributed by atoms with Crippen LogP contribution in [0, 0.1) is 19.7 Å². The molecular weight excluding hydrogens is 383 g/mol. The molecule has 2 aromatic rings. The summed E-state index contributed by atoms with van der Waals surface area (Å²) in [6.45, 7) is 5.82. The molecule has 0 aromatic heterocycles. The summed E-state index contributed by atoms with van der Waals surface area (Å²) in [5.41, 5.74) is 2.88. The van der Waals surface area contributed by atoms with Crippen molar-refractivity contribution in [2.75, 3.05) is 26.0 Å². The molecule has 30 heavy (non-hydrogen) atoms. The fourth-order valence-electron chi connectivity index (χ4n) is 3.61. The van der Waals surface area contributed by atoms with Crippen LogP contribution in [0.5, 0.6) is 0 Å². The van der Waals surface area contributed by atoms with Crippen molar-refractivity contribution in [2.45, 2.75) is 46.3 Å². The number of nitrogens with one attached hydrogen (secondary N) is 1. The fraction of sp³-hybridized carbons (Fsp3) is 0.417. The second-order valence-corrected chi connectivity index (χ2v) is 8.29. The van der Waals surface area contributed by atoms with Gasteiger partial charge in [0.2, 0.25) is 0 Å². The van der Waals surface area contributed by atoms with E-state index in [1.54, 1.807) is 13.8 Å². The number of ether oxygens (including phenoxy) is 1. The van der Waals surface area contributed by atoms with Gasteiger partial charge in [-0.2, -0.15) is 0 Å². The molecule has 1 unspecified atom stereocenters. The minimum Gasteiger partial charge on any atom is -0.457 e. The Labute approximate surface area is 178 Å². The maximum atomic E-state index is 13.6. The number of rotatable bonds is 9. The van der Waals surface area contributed by atoms with E-state index in [1.165, 1.54) is 12.1 Å². The van der Waals surface area contributed by atoms with Crippen molar-refractivity contribution in [3.8, 4) is 0 Å². The Hall–Kier alpha value is -2.73. The molecule has 0 heterocycles. The lowest BCUT2D eigenvalue weighted by Crippen LogP contribution is -2.57. The van der Waals surface area contributed by atoms with Gasteiger partial charge in [-0.3, -0.25) is 4.79 Å². The molecule has 0 saturated carbocycles. The highest BCUT2D eigenvalue weighted by atomic mass is 19.1. The van der Waals surface area contributed by atoms with Crippen LogP contribution in [-0.2, 0) is 20.9 Å². The molecule has 1 atom stereocenters. The summed E-state index contributed by atoms with van der Waals surface area (Å²) in [5.74, 6) is -0.868. The lowest BCUT2D eigenvalue weighted by Gasteiger charge is -2.36. The Morgan fingerprint density at radius 3 is 2.27 bits per heavy atom. The molecule has 162 valence electrons. The third kappa shape index (κ3) is 6.39. The van der Waals surface area contributed by atoms with Crippen molar-refractivity contribution in [3.05, 3.63) is 65.0 Å². The minimum absolute atomic E-state index is 0.0757. The van der Waals surface area contributed by atoms with E-state index in [2.05, 4.69) is 5.32 Å². The molecule has 0 spiro atoms. The second kappa shape index (κ2) is 10.3. The quantitative estimate of drug-likeness (QED) is 0.489. The van der Waals surface area contributed by atoms with Crippen molar-refractivity contribution in [2.24, 2.45) is 0 Å². The Bertz CT molecular complexity index is 858. The smallest absolute Gasteiger partial charge is 0.362 e. The van der Waals surface area contributed by atoms with Gasteiger partial charge in [-0.25, -0.2) is 9.18 Å². The Balaban J connectivity index is 2.08. The predicted octanol–water partition coefficient (Wildman–Crippen LogP) is 4.37. The Morgan fingerprint density at radius 1 is 1.10 bits per heavy atom. The molecule has 0 aliphatic heterocycles. The van der Waals surface area contributed by atoms with Crippen LogP contribution in [0.3, 0.4) is 0 Å². The molecule has 0 radical (unpaired) electrons. The summed E-state index contributed by atoms with van der Waals surface area (Å²) in [7, 11) is 3.71. The minimum atomic E-state index is -0.442. The standard InChI is InChI=1S/C24H31FN2O3/c1-6-10-21(24(29)26-23-17(2)13-20(25)14-18(23)3)27(4,5)15-22(28)30-16-19-11-8-7-9-12-19/h7-9,11-14,21H,6,10,15-16H2,1-5H3/p+1. The van der Waals surface area contributed by atoms with E-state index in [0.29, 0.717) is 23.2 Å². The summed E-state index contributed by atoms with van der Waals surface area (Å²) < 4.78 is 19.2. The summed E-state index contributed by atoms with van der Waals surface area (Å²) in [6, 6.07) is 11.8. The number of likely N-dealkylation sites (N-methyl/N-ethyl adjacent to an activating group) is 1. The van der Waals surface area contributed by atoms with Crippen LogP contribution in [0.2, 0.25) is 0 Å². The van der Waals surface area contributed by atoms with Crippen molar-refractivity contribution >= 4 is 17.6 Å². The van der Waals surface area contributed by atoms with Gasteiger partial charge < -0.3 is 14.5 Å². The molecule has 2 rings (SSSR count). The third-order valence-corrected chi connectivity index (χ3v) is 5.23. The lowest BCUT2D eigenvalue weighted by molar-refractivity contribution is -0.899. The van der Waals surface area contributed by atoms with Crippen LogP contribution >= 0.6 is 0 Å². The first-order chi connectivity index (χ1) is 14.1. The molecular formula is C24H32FN2O3+. The van der Waals surface area contributed by atoms with Crippen LogP contribution in [0.15, 0.2) is 42.5 Å². The molecule has 5 nitrogen and oxygen atoms in total. The first-order valence-corrected chi connectivity index (χ1v) is 10.2. The molecule has 0 saturated heterocycles. The van der Waals surface area contributed by atoms with Crippen LogP contribution in [-0.4, -0.2) is 43.0 Å². The van der Waals surface area contributed by atoms with E-state index in [4.69, 9.17) is 4.74 Å². The molecule has 6 heteroatoms. The summed E-state index contributed by atoms with van der Waals surface area (Å²) in [5, 5.41) is 2.95. The number of nitrogens with zero attached hydrogens (tertiary/aromatic N) is 1. The van der Waals surface area contributed by atoms with Gasteiger partial charge in [0.25, 0.3) is 5.91 Å². The highest BCUT2D eigenvalue weighted by Gasteiger charge is 2.37. The SMILES string of the molecule is CCCC(C(=O)Nc1c(C)cc(F)cc1C)[N+](C)(C)CC(=O)OCc1ccccc1. The van der Waals surface area contributed by atoms with E-state index in [-0.39, 0.29) is 35.3 Å². The number of benzene rings is 2. The topological polar surface area (TPSA) is 55.4 Å². The maximum Gasteiger partial charge on any atom is 0.362 e. The zero-order valence-corrected chi connectivity index (χ0v) is 18.5. The van der Waals surface area contributed by atoms with E-state index < -0.39 is 6.04 Å². The number of aryl methyl sites for hydroxylation is 2. The van der Waals surface area contributed by atoms with Crippen molar-refractivity contribution < 1.29 is 23.2 Å². The Morgan fingerprint density at radius 2 is 1.70 bits per heavy atom. The molecule has 1 amide bonds. The number of carbonyl (C=O) groups is 2. The second-order valence-electron chi connectivity index (χ2n) is 8.29. The summed E-state index contributed by atoms with van der Waals surface area (Å²) in [6.07, 6.45) is 1.41. The van der Waals surface area contributed by atoms with Gasteiger partial charge >= 0.3 is 5.97 Å². The number of amides is 1. The number of hydrogen-bond donors (Lipinski definition) is 1. The zero-order chi connectivity index (χ0) is 22.3. The van der Waals surface area contributed by atoms with Gasteiger partial charge in [0.15, 0.2) is 12.6 Å². The average Bonchev–Trinajstić information content (AvgIpc) is 2.67. The maximum absolute atomic E-state index is 13.6. The first-order valence-electron chi connectivity index (χ1n) is 10.2.